The average Bonchev–Trinajstić information content (AvgIpc) is 2.27. The fourth-order valence-electron chi connectivity index (χ4n) is 2.66. The Balaban J connectivity index is 1.74. The van der Waals surface area contributed by atoms with Gasteiger partial charge in [-0.15, -0.1) is 0 Å². The monoisotopic (exact) mass is 226 g/mol. The molecule has 1 aliphatic heterocycles. The summed E-state index contributed by atoms with van der Waals surface area (Å²) >= 11 is 0. The molecular formula is C12H22N2O2. The molecular weight excluding hydrogens is 204 g/mol. The van der Waals surface area contributed by atoms with Crippen LogP contribution in [-0.4, -0.2) is 48.2 Å². The van der Waals surface area contributed by atoms with Gasteiger partial charge in [0.1, 0.15) is 0 Å². The van der Waals surface area contributed by atoms with E-state index in [1.165, 1.54) is 6.42 Å². The SMILES string of the molecule is CN(CC1CC(O)C1)C(=O)[C@@H]1CCCCN1. The molecule has 1 heterocycles. The molecule has 0 radical (unpaired) electrons. The highest BCUT2D eigenvalue weighted by molar-refractivity contribution is 5.81. The van der Waals surface area contributed by atoms with E-state index in [0.717, 1.165) is 38.8 Å². The van der Waals surface area contributed by atoms with E-state index in [1.54, 1.807) is 0 Å². The Hall–Kier alpha value is -0.610. The fraction of sp³-hybridized carbons (Fsp3) is 0.917. The van der Waals surface area contributed by atoms with Crippen LogP contribution in [0, 0.1) is 5.92 Å². The van der Waals surface area contributed by atoms with E-state index in [1.807, 2.05) is 11.9 Å². The molecule has 0 aromatic rings. The van der Waals surface area contributed by atoms with Crippen LogP contribution in [0.2, 0.25) is 0 Å². The third kappa shape index (κ3) is 2.74. The summed E-state index contributed by atoms with van der Waals surface area (Å²) in [5.74, 6) is 0.730. The molecule has 1 atom stereocenters. The zero-order valence-electron chi connectivity index (χ0n) is 9.98. The zero-order valence-corrected chi connectivity index (χ0v) is 9.98. The standard InChI is InChI=1S/C12H22N2O2/c1-14(8-9-6-10(15)7-9)12(16)11-4-2-3-5-13-11/h9-11,13,15H,2-8H2,1H3/t9?,10?,11-/m0/s1. The van der Waals surface area contributed by atoms with Gasteiger partial charge in [-0.2, -0.15) is 0 Å². The molecule has 2 fully saturated rings. The summed E-state index contributed by atoms with van der Waals surface area (Å²) in [6, 6.07) is 0.0312. The van der Waals surface area contributed by atoms with Crippen LogP contribution in [-0.2, 0) is 4.79 Å². The maximum absolute atomic E-state index is 12.1. The summed E-state index contributed by atoms with van der Waals surface area (Å²) in [6.07, 6.45) is 4.89. The summed E-state index contributed by atoms with van der Waals surface area (Å²) < 4.78 is 0. The highest BCUT2D eigenvalue weighted by Gasteiger charge is 2.31. The van der Waals surface area contributed by atoms with Crippen LogP contribution in [0.5, 0.6) is 0 Å². The average molecular weight is 226 g/mol. The molecule has 1 amide bonds. The van der Waals surface area contributed by atoms with Crippen molar-refractivity contribution in [2.75, 3.05) is 20.1 Å². The maximum atomic E-state index is 12.1. The molecule has 92 valence electrons. The molecule has 0 aromatic heterocycles. The Kier molecular flexibility index (Phi) is 3.82. The zero-order chi connectivity index (χ0) is 11.5. The second kappa shape index (κ2) is 5.15. The van der Waals surface area contributed by atoms with Crippen molar-refractivity contribution in [1.29, 1.82) is 0 Å². The second-order valence-electron chi connectivity index (χ2n) is 5.21. The number of hydrogen-bond donors (Lipinski definition) is 2. The van der Waals surface area contributed by atoms with Crippen LogP contribution in [0.25, 0.3) is 0 Å². The lowest BCUT2D eigenvalue weighted by atomic mass is 9.82. The molecule has 0 unspecified atom stereocenters. The van der Waals surface area contributed by atoms with Gasteiger partial charge in [0.2, 0.25) is 5.91 Å². The van der Waals surface area contributed by atoms with Crippen molar-refractivity contribution >= 4 is 5.91 Å². The van der Waals surface area contributed by atoms with Crippen LogP contribution in [0.4, 0.5) is 0 Å². The molecule has 0 spiro atoms. The quantitative estimate of drug-likeness (QED) is 0.730. The predicted octanol–water partition coefficient (Wildman–Crippen LogP) is 0.358. The number of nitrogens with one attached hydrogen (secondary N) is 1. The van der Waals surface area contributed by atoms with Gasteiger partial charge in [-0.1, -0.05) is 6.42 Å². The highest BCUT2D eigenvalue weighted by Crippen LogP contribution is 2.27. The smallest absolute Gasteiger partial charge is 0.239 e. The van der Waals surface area contributed by atoms with E-state index < -0.39 is 0 Å². The minimum absolute atomic E-state index is 0.0312. The predicted molar refractivity (Wildman–Crippen MR) is 62.0 cm³/mol. The first-order valence-electron chi connectivity index (χ1n) is 6.33. The number of hydrogen-bond acceptors (Lipinski definition) is 3. The Morgan fingerprint density at radius 2 is 2.19 bits per heavy atom. The Labute approximate surface area is 97.0 Å². The molecule has 4 nitrogen and oxygen atoms in total. The van der Waals surface area contributed by atoms with Crippen molar-refractivity contribution in [2.45, 2.75) is 44.2 Å². The van der Waals surface area contributed by atoms with E-state index in [2.05, 4.69) is 5.32 Å². The maximum Gasteiger partial charge on any atom is 0.239 e. The molecule has 2 aliphatic rings. The van der Waals surface area contributed by atoms with Crippen molar-refractivity contribution in [2.24, 2.45) is 5.92 Å². The van der Waals surface area contributed by atoms with E-state index in [9.17, 15) is 9.90 Å². The van der Waals surface area contributed by atoms with Crippen LogP contribution in [0.3, 0.4) is 0 Å². The van der Waals surface area contributed by atoms with Crippen molar-refractivity contribution in [1.82, 2.24) is 10.2 Å². The molecule has 16 heavy (non-hydrogen) atoms. The topological polar surface area (TPSA) is 52.6 Å². The van der Waals surface area contributed by atoms with Gasteiger partial charge in [-0.05, 0) is 38.1 Å². The van der Waals surface area contributed by atoms with Crippen LogP contribution in [0.15, 0.2) is 0 Å². The first-order chi connectivity index (χ1) is 7.66. The summed E-state index contributed by atoms with van der Waals surface area (Å²) in [4.78, 5) is 13.9. The van der Waals surface area contributed by atoms with Crippen LogP contribution >= 0.6 is 0 Å². The molecule has 1 aliphatic carbocycles. The third-order valence-electron chi connectivity index (χ3n) is 3.73. The molecule has 0 bridgehead atoms. The minimum Gasteiger partial charge on any atom is -0.393 e. The fourth-order valence-corrected chi connectivity index (χ4v) is 2.66. The molecule has 4 heteroatoms. The molecule has 0 aromatic carbocycles. The summed E-state index contributed by atoms with van der Waals surface area (Å²) in [5, 5.41) is 12.5. The van der Waals surface area contributed by atoms with Gasteiger partial charge in [-0.3, -0.25) is 4.79 Å². The van der Waals surface area contributed by atoms with Crippen LogP contribution < -0.4 is 5.32 Å². The van der Waals surface area contributed by atoms with E-state index in [0.29, 0.717) is 5.92 Å². The van der Waals surface area contributed by atoms with Gasteiger partial charge in [0, 0.05) is 13.6 Å². The highest BCUT2D eigenvalue weighted by atomic mass is 16.3. The van der Waals surface area contributed by atoms with Gasteiger partial charge in [-0.25, -0.2) is 0 Å². The summed E-state index contributed by atoms with van der Waals surface area (Å²) in [6.45, 7) is 1.76. The lowest BCUT2D eigenvalue weighted by Crippen LogP contribution is -2.49. The van der Waals surface area contributed by atoms with Crippen molar-refractivity contribution in [3.63, 3.8) is 0 Å². The molecule has 1 saturated carbocycles. The largest absolute Gasteiger partial charge is 0.393 e. The number of piperidine rings is 1. The lowest BCUT2D eigenvalue weighted by molar-refractivity contribution is -0.134. The van der Waals surface area contributed by atoms with E-state index >= 15 is 0 Å². The second-order valence-corrected chi connectivity index (χ2v) is 5.21. The number of amides is 1. The Morgan fingerprint density at radius 1 is 1.44 bits per heavy atom. The van der Waals surface area contributed by atoms with Crippen molar-refractivity contribution in [3.8, 4) is 0 Å². The lowest BCUT2D eigenvalue weighted by Gasteiger charge is -2.36. The normalized spacial score (nSPS) is 34.2. The van der Waals surface area contributed by atoms with Gasteiger partial charge in [0.05, 0.1) is 12.1 Å². The molecule has 2 rings (SSSR count). The first-order valence-corrected chi connectivity index (χ1v) is 6.33. The van der Waals surface area contributed by atoms with E-state index in [-0.39, 0.29) is 18.1 Å². The molecule has 2 N–H and O–H groups in total. The van der Waals surface area contributed by atoms with Gasteiger partial charge in [0.15, 0.2) is 0 Å². The third-order valence-corrected chi connectivity index (χ3v) is 3.73. The van der Waals surface area contributed by atoms with Crippen molar-refractivity contribution in [3.05, 3.63) is 0 Å². The Morgan fingerprint density at radius 3 is 2.75 bits per heavy atom. The van der Waals surface area contributed by atoms with Gasteiger partial charge >= 0.3 is 0 Å². The first kappa shape index (κ1) is 11.9. The summed E-state index contributed by atoms with van der Waals surface area (Å²) in [5.41, 5.74) is 0. The van der Waals surface area contributed by atoms with Crippen molar-refractivity contribution < 1.29 is 9.90 Å². The van der Waals surface area contributed by atoms with Gasteiger partial charge in [0.25, 0.3) is 0 Å². The number of rotatable bonds is 3. The number of nitrogens with zero attached hydrogens (tertiary/aromatic N) is 1. The van der Waals surface area contributed by atoms with E-state index in [4.69, 9.17) is 0 Å². The molecule has 1 saturated heterocycles. The van der Waals surface area contributed by atoms with Gasteiger partial charge < -0.3 is 15.3 Å². The number of aliphatic hydroxyl groups excluding tert-OH is 1. The number of carbonyl (C=O) groups excluding carboxylic acids is 1. The number of likely N-dealkylation sites (N-methyl/N-ethyl adjacent to an activating group) is 1. The summed E-state index contributed by atoms with van der Waals surface area (Å²) in [7, 11) is 1.88. The van der Waals surface area contributed by atoms with Crippen LogP contribution in [0.1, 0.15) is 32.1 Å². The number of carbonyl (C=O) groups is 1. The number of aliphatic hydroxyl groups is 1. The Bertz CT molecular complexity index is 245. The minimum atomic E-state index is -0.124.